The molecule has 0 saturated carbocycles. The van der Waals surface area contributed by atoms with Crippen LogP contribution in [-0.2, 0) is 4.74 Å². The fourth-order valence-electron chi connectivity index (χ4n) is 1.74. The van der Waals surface area contributed by atoms with Crippen molar-refractivity contribution in [3.8, 4) is 0 Å². The zero-order chi connectivity index (χ0) is 6.97. The van der Waals surface area contributed by atoms with Crippen molar-refractivity contribution in [1.29, 1.82) is 0 Å². The molecule has 2 rings (SSSR count). The Morgan fingerprint density at radius 3 is 3.10 bits per heavy atom. The summed E-state index contributed by atoms with van der Waals surface area (Å²) in [5, 5.41) is 0. The molecule has 0 amide bonds. The normalized spacial score (nSPS) is 37.5. The molecule has 0 aromatic carbocycles. The van der Waals surface area contributed by atoms with Crippen molar-refractivity contribution in [3.63, 3.8) is 0 Å². The van der Waals surface area contributed by atoms with Gasteiger partial charge in [-0.25, -0.2) is 0 Å². The molecule has 1 fully saturated rings. The highest BCUT2D eigenvalue weighted by molar-refractivity contribution is 5.29. The first-order valence-electron chi connectivity index (χ1n) is 3.86. The first-order valence-corrected chi connectivity index (χ1v) is 3.86. The predicted molar refractivity (Wildman–Crippen MR) is 40.7 cm³/mol. The SMILES string of the molecule is CC=CC1=CC2CC1CO2. The number of rotatable bonds is 1. The molecule has 0 spiro atoms. The van der Waals surface area contributed by atoms with Crippen LogP contribution in [0, 0.1) is 5.92 Å². The molecule has 2 bridgehead atoms. The van der Waals surface area contributed by atoms with Gasteiger partial charge in [0, 0.05) is 5.92 Å². The Labute approximate surface area is 61.4 Å². The van der Waals surface area contributed by atoms with Crippen LogP contribution in [-0.4, -0.2) is 12.7 Å². The topological polar surface area (TPSA) is 9.23 Å². The molecular formula is C9H12O. The van der Waals surface area contributed by atoms with Gasteiger partial charge in [-0.15, -0.1) is 0 Å². The smallest absolute Gasteiger partial charge is 0.0768 e. The van der Waals surface area contributed by atoms with Gasteiger partial charge in [0.1, 0.15) is 0 Å². The number of ether oxygens (including phenoxy) is 1. The van der Waals surface area contributed by atoms with E-state index in [2.05, 4.69) is 25.2 Å². The van der Waals surface area contributed by atoms with Crippen molar-refractivity contribution >= 4 is 0 Å². The Hall–Kier alpha value is -0.560. The van der Waals surface area contributed by atoms with Gasteiger partial charge in [0.25, 0.3) is 0 Å². The van der Waals surface area contributed by atoms with E-state index in [4.69, 9.17) is 4.74 Å². The van der Waals surface area contributed by atoms with E-state index in [9.17, 15) is 0 Å². The van der Waals surface area contributed by atoms with Crippen molar-refractivity contribution < 1.29 is 4.74 Å². The maximum Gasteiger partial charge on any atom is 0.0768 e. The van der Waals surface area contributed by atoms with Gasteiger partial charge in [-0.05, 0) is 18.9 Å². The summed E-state index contributed by atoms with van der Waals surface area (Å²) in [6, 6.07) is 0. The zero-order valence-electron chi connectivity index (χ0n) is 6.21. The Kier molecular flexibility index (Phi) is 1.38. The van der Waals surface area contributed by atoms with Crippen molar-refractivity contribution in [2.24, 2.45) is 5.92 Å². The molecule has 1 aliphatic carbocycles. The largest absolute Gasteiger partial charge is 0.373 e. The van der Waals surface area contributed by atoms with Crippen LogP contribution in [0.3, 0.4) is 0 Å². The van der Waals surface area contributed by atoms with Crippen molar-refractivity contribution in [1.82, 2.24) is 0 Å². The van der Waals surface area contributed by atoms with E-state index < -0.39 is 0 Å². The molecule has 2 aliphatic rings. The molecular weight excluding hydrogens is 124 g/mol. The average molecular weight is 136 g/mol. The van der Waals surface area contributed by atoms with Crippen molar-refractivity contribution in [3.05, 3.63) is 23.8 Å². The first-order chi connectivity index (χ1) is 4.90. The van der Waals surface area contributed by atoms with Crippen LogP contribution >= 0.6 is 0 Å². The maximum atomic E-state index is 5.42. The second-order valence-electron chi connectivity index (χ2n) is 2.97. The lowest BCUT2D eigenvalue weighted by molar-refractivity contribution is 0.133. The number of fused-ring (bicyclic) bond motifs is 2. The Morgan fingerprint density at radius 1 is 1.70 bits per heavy atom. The Morgan fingerprint density at radius 2 is 2.60 bits per heavy atom. The highest BCUT2D eigenvalue weighted by Crippen LogP contribution is 2.35. The molecule has 1 heteroatoms. The van der Waals surface area contributed by atoms with Gasteiger partial charge >= 0.3 is 0 Å². The second kappa shape index (κ2) is 2.24. The van der Waals surface area contributed by atoms with E-state index in [0.29, 0.717) is 12.0 Å². The summed E-state index contributed by atoms with van der Waals surface area (Å²) in [6.07, 6.45) is 8.21. The minimum Gasteiger partial charge on any atom is -0.373 e. The molecule has 0 aromatic heterocycles. The molecule has 1 saturated heterocycles. The summed E-state index contributed by atoms with van der Waals surface area (Å²) in [6.45, 7) is 3.01. The molecule has 54 valence electrons. The van der Waals surface area contributed by atoms with Crippen LogP contribution in [0.4, 0.5) is 0 Å². The summed E-state index contributed by atoms with van der Waals surface area (Å²) in [7, 11) is 0. The molecule has 0 N–H and O–H groups in total. The molecule has 1 aliphatic heterocycles. The lowest BCUT2D eigenvalue weighted by Crippen LogP contribution is -2.04. The van der Waals surface area contributed by atoms with Gasteiger partial charge in [0.2, 0.25) is 0 Å². The molecule has 10 heavy (non-hydrogen) atoms. The third-order valence-electron chi connectivity index (χ3n) is 2.24. The maximum absolute atomic E-state index is 5.42. The van der Waals surface area contributed by atoms with Crippen molar-refractivity contribution in [2.45, 2.75) is 19.4 Å². The monoisotopic (exact) mass is 136 g/mol. The van der Waals surface area contributed by atoms with Gasteiger partial charge in [-0.3, -0.25) is 0 Å². The average Bonchev–Trinajstić information content (AvgIpc) is 2.48. The number of allylic oxidation sites excluding steroid dienone is 2. The summed E-state index contributed by atoms with van der Waals surface area (Å²) < 4.78 is 5.42. The lowest BCUT2D eigenvalue weighted by atomic mass is 10.0. The highest BCUT2D eigenvalue weighted by Gasteiger charge is 2.31. The Balaban J connectivity index is 2.17. The summed E-state index contributed by atoms with van der Waals surface area (Å²) >= 11 is 0. The van der Waals surface area contributed by atoms with Gasteiger partial charge in [0.05, 0.1) is 12.7 Å². The van der Waals surface area contributed by atoms with E-state index in [-0.39, 0.29) is 0 Å². The molecule has 1 heterocycles. The third-order valence-corrected chi connectivity index (χ3v) is 2.24. The van der Waals surface area contributed by atoms with Gasteiger partial charge in [-0.1, -0.05) is 18.2 Å². The lowest BCUT2D eigenvalue weighted by Gasteiger charge is -2.08. The van der Waals surface area contributed by atoms with Gasteiger partial charge in [0.15, 0.2) is 0 Å². The van der Waals surface area contributed by atoms with E-state index in [0.717, 1.165) is 6.61 Å². The van der Waals surface area contributed by atoms with Crippen molar-refractivity contribution in [2.75, 3.05) is 6.61 Å². The standard InChI is InChI=1S/C9H12O/c1-2-3-7-4-9-5-8(7)6-10-9/h2-4,8-9H,5-6H2,1H3. The fraction of sp³-hybridized carbons (Fsp3) is 0.556. The zero-order valence-corrected chi connectivity index (χ0v) is 6.21. The minimum absolute atomic E-state index is 0.441. The van der Waals surface area contributed by atoms with E-state index in [1.165, 1.54) is 12.0 Å². The van der Waals surface area contributed by atoms with E-state index in [1.807, 2.05) is 0 Å². The van der Waals surface area contributed by atoms with Crippen LogP contribution in [0.5, 0.6) is 0 Å². The predicted octanol–water partition coefficient (Wildman–Crippen LogP) is 1.91. The van der Waals surface area contributed by atoms with Gasteiger partial charge < -0.3 is 4.74 Å². The van der Waals surface area contributed by atoms with Crippen LogP contribution in [0.1, 0.15) is 13.3 Å². The molecule has 0 radical (unpaired) electrons. The van der Waals surface area contributed by atoms with Crippen LogP contribution in [0.25, 0.3) is 0 Å². The fourth-order valence-corrected chi connectivity index (χ4v) is 1.74. The van der Waals surface area contributed by atoms with E-state index >= 15 is 0 Å². The second-order valence-corrected chi connectivity index (χ2v) is 2.97. The molecule has 1 nitrogen and oxygen atoms in total. The molecule has 2 atom stereocenters. The Bertz CT molecular complexity index is 191. The summed E-state index contributed by atoms with van der Waals surface area (Å²) in [5.74, 6) is 0.709. The van der Waals surface area contributed by atoms with E-state index in [1.54, 1.807) is 0 Å². The number of hydrogen-bond acceptors (Lipinski definition) is 1. The van der Waals surface area contributed by atoms with Gasteiger partial charge in [-0.2, -0.15) is 0 Å². The summed E-state index contributed by atoms with van der Waals surface area (Å²) in [4.78, 5) is 0. The van der Waals surface area contributed by atoms with Crippen LogP contribution in [0.15, 0.2) is 23.8 Å². The molecule has 2 unspecified atom stereocenters. The van der Waals surface area contributed by atoms with Crippen LogP contribution < -0.4 is 0 Å². The quantitative estimate of drug-likeness (QED) is 0.535. The number of hydrogen-bond donors (Lipinski definition) is 0. The molecule has 0 aromatic rings. The third kappa shape index (κ3) is 0.816. The first kappa shape index (κ1) is 6.17. The summed E-state index contributed by atoms with van der Waals surface area (Å²) in [5.41, 5.74) is 1.48. The van der Waals surface area contributed by atoms with Crippen LogP contribution in [0.2, 0.25) is 0 Å². The minimum atomic E-state index is 0.441. The highest BCUT2D eigenvalue weighted by atomic mass is 16.5.